The predicted octanol–water partition coefficient (Wildman–Crippen LogP) is 5.89. The highest BCUT2D eigenvalue weighted by Gasteiger charge is 2.43. The molecule has 8 heteroatoms. The van der Waals surface area contributed by atoms with Crippen molar-refractivity contribution < 1.29 is 9.47 Å². The van der Waals surface area contributed by atoms with E-state index in [-0.39, 0.29) is 16.6 Å². The molecule has 1 atom stereocenters. The van der Waals surface area contributed by atoms with Gasteiger partial charge in [-0.2, -0.15) is 0 Å². The summed E-state index contributed by atoms with van der Waals surface area (Å²) in [7, 11) is 0. The molecule has 20 heavy (non-hydrogen) atoms. The largest absolute Gasteiger partial charge is 0.450 e. The smallest absolute Gasteiger partial charge is 0.186 e. The third kappa shape index (κ3) is 2.37. The quantitative estimate of drug-likeness (QED) is 0.512. The van der Waals surface area contributed by atoms with E-state index in [2.05, 4.69) is 0 Å². The van der Waals surface area contributed by atoms with Gasteiger partial charge in [-0.25, -0.2) is 0 Å². The van der Waals surface area contributed by atoms with E-state index in [0.717, 1.165) is 0 Å². The van der Waals surface area contributed by atoms with Gasteiger partial charge in [0.2, 0.25) is 0 Å². The summed E-state index contributed by atoms with van der Waals surface area (Å²) in [6.07, 6.45) is 1.43. The van der Waals surface area contributed by atoms with Gasteiger partial charge in [0.1, 0.15) is 5.38 Å². The van der Waals surface area contributed by atoms with Crippen molar-refractivity contribution in [1.82, 2.24) is 0 Å². The molecule has 0 aromatic heterocycles. The van der Waals surface area contributed by atoms with Gasteiger partial charge in [0.15, 0.2) is 27.4 Å². The number of ether oxygens (including phenoxy) is 2. The SMILES string of the molecule is ClC1=C2Oc3cc(Cl)c(Cl)cc3OC2=CC(Cl)(Cl)C1Cl. The zero-order valence-corrected chi connectivity index (χ0v) is 13.9. The summed E-state index contributed by atoms with van der Waals surface area (Å²) in [5, 5.41) is -0.0207. The van der Waals surface area contributed by atoms with Crippen LogP contribution in [0.5, 0.6) is 11.5 Å². The molecule has 2 aliphatic rings. The minimum atomic E-state index is -1.39. The van der Waals surface area contributed by atoms with Gasteiger partial charge in [0.25, 0.3) is 0 Å². The van der Waals surface area contributed by atoms with E-state index in [1.807, 2.05) is 0 Å². The Labute approximate surface area is 144 Å². The lowest BCUT2D eigenvalue weighted by Gasteiger charge is -2.32. The number of halogens is 6. The Bertz CT molecular complexity index is 664. The Morgan fingerprint density at radius 3 is 2.10 bits per heavy atom. The average Bonchev–Trinajstić information content (AvgIpc) is 2.36. The molecule has 1 heterocycles. The van der Waals surface area contributed by atoms with E-state index in [0.29, 0.717) is 21.5 Å². The molecule has 0 bridgehead atoms. The molecule has 3 rings (SSSR count). The fourth-order valence-corrected chi connectivity index (χ4v) is 3.09. The Kier molecular flexibility index (Phi) is 3.77. The molecule has 1 aromatic rings. The van der Waals surface area contributed by atoms with Gasteiger partial charge >= 0.3 is 0 Å². The van der Waals surface area contributed by atoms with Crippen LogP contribution in [0.3, 0.4) is 0 Å². The molecule has 0 fully saturated rings. The van der Waals surface area contributed by atoms with Crippen molar-refractivity contribution in [2.24, 2.45) is 0 Å². The van der Waals surface area contributed by atoms with Crippen molar-refractivity contribution in [3.05, 3.63) is 44.8 Å². The van der Waals surface area contributed by atoms with Crippen LogP contribution in [0.1, 0.15) is 0 Å². The lowest BCUT2D eigenvalue weighted by Crippen LogP contribution is -2.33. The molecule has 0 radical (unpaired) electrons. The fraction of sp³-hybridized carbons (Fsp3) is 0.167. The summed E-state index contributed by atoms with van der Waals surface area (Å²) in [5.74, 6) is 1.30. The number of hydrogen-bond acceptors (Lipinski definition) is 2. The highest BCUT2D eigenvalue weighted by atomic mass is 35.5. The summed E-state index contributed by atoms with van der Waals surface area (Å²) in [4.78, 5) is 0. The molecule has 1 aliphatic heterocycles. The van der Waals surface area contributed by atoms with Gasteiger partial charge in [0, 0.05) is 12.1 Å². The van der Waals surface area contributed by atoms with Crippen LogP contribution in [0.2, 0.25) is 10.0 Å². The van der Waals surface area contributed by atoms with Crippen LogP contribution in [0.25, 0.3) is 0 Å². The zero-order valence-electron chi connectivity index (χ0n) is 9.39. The number of hydrogen-bond donors (Lipinski definition) is 0. The Morgan fingerprint density at radius 1 is 0.950 bits per heavy atom. The van der Waals surface area contributed by atoms with Gasteiger partial charge in [-0.05, 0) is 6.08 Å². The molecular formula is C12H4Cl6O2. The van der Waals surface area contributed by atoms with E-state index in [9.17, 15) is 0 Å². The van der Waals surface area contributed by atoms with Crippen LogP contribution in [0.15, 0.2) is 34.8 Å². The molecule has 1 unspecified atom stereocenters. The highest BCUT2D eigenvalue weighted by Crippen LogP contribution is 2.49. The highest BCUT2D eigenvalue weighted by molar-refractivity contribution is 6.56. The van der Waals surface area contributed by atoms with Crippen LogP contribution < -0.4 is 9.47 Å². The molecule has 0 N–H and O–H groups in total. The summed E-state index contributed by atoms with van der Waals surface area (Å²) in [6, 6.07) is 3.06. The summed E-state index contributed by atoms with van der Waals surface area (Å²) < 4.78 is 9.91. The summed E-state index contributed by atoms with van der Waals surface area (Å²) in [5.41, 5.74) is 0. The second kappa shape index (κ2) is 5.05. The van der Waals surface area contributed by atoms with Gasteiger partial charge in [-0.15, -0.1) is 11.6 Å². The maximum Gasteiger partial charge on any atom is 0.186 e. The minimum absolute atomic E-state index is 0.158. The zero-order chi connectivity index (χ0) is 14.7. The van der Waals surface area contributed by atoms with E-state index < -0.39 is 9.71 Å². The number of alkyl halides is 3. The maximum absolute atomic E-state index is 6.14. The Hall–Kier alpha value is 0.0400. The monoisotopic (exact) mass is 390 g/mol. The molecule has 2 nitrogen and oxygen atoms in total. The van der Waals surface area contributed by atoms with Crippen LogP contribution in [-0.4, -0.2) is 9.71 Å². The minimum Gasteiger partial charge on any atom is -0.450 e. The molecule has 106 valence electrons. The number of benzene rings is 1. The second-order valence-corrected chi connectivity index (χ2v) is 7.24. The van der Waals surface area contributed by atoms with E-state index in [1.54, 1.807) is 0 Å². The molecule has 0 saturated heterocycles. The molecular weight excluding hydrogens is 389 g/mol. The summed E-state index contributed by atoms with van der Waals surface area (Å²) >= 11 is 36.2. The van der Waals surface area contributed by atoms with Crippen LogP contribution >= 0.6 is 69.6 Å². The number of rotatable bonds is 0. The first-order valence-electron chi connectivity index (χ1n) is 5.29. The lowest BCUT2D eigenvalue weighted by atomic mass is 10.1. The van der Waals surface area contributed by atoms with Crippen LogP contribution in [-0.2, 0) is 0 Å². The topological polar surface area (TPSA) is 18.5 Å². The average molecular weight is 393 g/mol. The van der Waals surface area contributed by atoms with Crippen molar-refractivity contribution in [2.45, 2.75) is 9.71 Å². The van der Waals surface area contributed by atoms with Crippen molar-refractivity contribution in [3.63, 3.8) is 0 Å². The van der Waals surface area contributed by atoms with Gasteiger partial charge in [0.05, 0.1) is 15.1 Å². The van der Waals surface area contributed by atoms with Crippen molar-refractivity contribution in [2.75, 3.05) is 0 Å². The van der Waals surface area contributed by atoms with Crippen molar-refractivity contribution >= 4 is 69.6 Å². The Morgan fingerprint density at radius 2 is 1.50 bits per heavy atom. The third-order valence-corrected chi connectivity index (χ3v) is 5.41. The summed E-state index contributed by atoms with van der Waals surface area (Å²) in [6.45, 7) is 0. The second-order valence-electron chi connectivity index (χ2n) is 4.14. The van der Waals surface area contributed by atoms with Gasteiger partial charge in [-0.1, -0.05) is 58.0 Å². The predicted molar refractivity (Wildman–Crippen MR) is 82.8 cm³/mol. The molecule has 1 aromatic carbocycles. The van der Waals surface area contributed by atoms with Crippen molar-refractivity contribution in [1.29, 1.82) is 0 Å². The van der Waals surface area contributed by atoms with Gasteiger partial charge in [-0.3, -0.25) is 0 Å². The van der Waals surface area contributed by atoms with Gasteiger partial charge < -0.3 is 9.47 Å². The fourth-order valence-electron chi connectivity index (χ4n) is 1.79. The first kappa shape index (κ1) is 15.0. The molecule has 0 saturated carbocycles. The maximum atomic E-state index is 6.14. The standard InChI is InChI=1S/C12H4Cl6O2/c13-4-1-6-7(2-5(4)14)20-10-8(19-6)3-12(17,18)11(16)9(10)15/h1-3,11H. The normalized spacial score (nSPS) is 23.3. The first-order valence-corrected chi connectivity index (χ1v) is 7.62. The van der Waals surface area contributed by atoms with E-state index in [1.165, 1.54) is 18.2 Å². The Balaban J connectivity index is 2.13. The van der Waals surface area contributed by atoms with E-state index in [4.69, 9.17) is 79.1 Å². The number of allylic oxidation sites excluding steroid dienone is 2. The van der Waals surface area contributed by atoms with Crippen LogP contribution in [0.4, 0.5) is 0 Å². The van der Waals surface area contributed by atoms with Crippen molar-refractivity contribution in [3.8, 4) is 11.5 Å². The number of fused-ring (bicyclic) bond motifs is 2. The molecule has 0 spiro atoms. The molecule has 0 amide bonds. The third-order valence-electron chi connectivity index (χ3n) is 2.74. The van der Waals surface area contributed by atoms with Crippen LogP contribution in [0, 0.1) is 0 Å². The first-order chi connectivity index (χ1) is 9.29. The van der Waals surface area contributed by atoms with E-state index >= 15 is 0 Å². The molecule has 1 aliphatic carbocycles. The lowest BCUT2D eigenvalue weighted by molar-refractivity contribution is 0.286.